The van der Waals surface area contributed by atoms with Gasteiger partial charge in [0.15, 0.2) is 0 Å². The highest BCUT2D eigenvalue weighted by Crippen LogP contribution is 2.25. The van der Waals surface area contributed by atoms with Crippen LogP contribution < -0.4 is 4.90 Å². The molecule has 0 spiro atoms. The quantitative estimate of drug-likeness (QED) is 0.919. The Morgan fingerprint density at radius 2 is 2.05 bits per heavy atom. The number of hydrogen-bond acceptors (Lipinski definition) is 4. The highest BCUT2D eigenvalue weighted by atomic mass is 35.5. The van der Waals surface area contributed by atoms with Gasteiger partial charge in [0.05, 0.1) is 11.6 Å². The fraction of sp³-hybridized carbons (Fsp3) is 0.643. The van der Waals surface area contributed by atoms with Crippen LogP contribution in [-0.2, 0) is 6.61 Å². The Bertz CT molecular complexity index is 419. The molecule has 1 atom stereocenters. The van der Waals surface area contributed by atoms with Gasteiger partial charge in [-0.25, -0.2) is 4.98 Å². The zero-order chi connectivity index (χ0) is 13.8. The maximum Gasteiger partial charge on any atom is 0.147 e. The molecular weight excluding hydrogens is 262 g/mol. The molecule has 1 N–H and O–H groups in total. The molecule has 0 saturated carbocycles. The molecule has 106 valence electrons. The third-order valence-electron chi connectivity index (χ3n) is 3.89. The number of rotatable bonds is 4. The first-order valence-electron chi connectivity index (χ1n) is 6.90. The van der Waals surface area contributed by atoms with Crippen LogP contribution in [0.1, 0.15) is 25.8 Å². The van der Waals surface area contributed by atoms with E-state index in [2.05, 4.69) is 28.6 Å². The highest BCUT2D eigenvalue weighted by molar-refractivity contribution is 6.33. The van der Waals surface area contributed by atoms with Gasteiger partial charge in [-0.2, -0.15) is 0 Å². The molecule has 1 fully saturated rings. The third-order valence-corrected chi connectivity index (χ3v) is 4.17. The van der Waals surface area contributed by atoms with Gasteiger partial charge < -0.3 is 10.0 Å². The fourth-order valence-corrected chi connectivity index (χ4v) is 2.73. The van der Waals surface area contributed by atoms with Crippen LogP contribution in [0.3, 0.4) is 0 Å². The molecule has 2 heterocycles. The topological polar surface area (TPSA) is 39.6 Å². The number of anilines is 1. The van der Waals surface area contributed by atoms with Gasteiger partial charge in [0, 0.05) is 38.4 Å². The lowest BCUT2D eigenvalue weighted by Crippen LogP contribution is -2.49. The van der Waals surface area contributed by atoms with Crippen molar-refractivity contribution in [2.45, 2.75) is 32.9 Å². The van der Waals surface area contributed by atoms with E-state index >= 15 is 0 Å². The van der Waals surface area contributed by atoms with Gasteiger partial charge in [0.25, 0.3) is 0 Å². The average Bonchev–Trinajstić information content (AvgIpc) is 2.46. The van der Waals surface area contributed by atoms with Crippen molar-refractivity contribution in [1.29, 1.82) is 0 Å². The van der Waals surface area contributed by atoms with Crippen molar-refractivity contribution in [3.05, 3.63) is 22.8 Å². The van der Waals surface area contributed by atoms with Gasteiger partial charge >= 0.3 is 0 Å². The van der Waals surface area contributed by atoms with E-state index in [1.807, 2.05) is 0 Å². The number of aliphatic hydroxyl groups is 1. The van der Waals surface area contributed by atoms with Crippen molar-refractivity contribution in [3.8, 4) is 0 Å². The first kappa shape index (κ1) is 14.6. The Morgan fingerprint density at radius 1 is 1.37 bits per heavy atom. The summed E-state index contributed by atoms with van der Waals surface area (Å²) < 4.78 is 0. The van der Waals surface area contributed by atoms with Crippen LogP contribution in [0.25, 0.3) is 0 Å². The SMILES string of the molecule is CCC(C)N1CCN(c2ncc(CO)cc2Cl)CC1. The Balaban J connectivity index is 2.01. The lowest BCUT2D eigenvalue weighted by atomic mass is 10.2. The Morgan fingerprint density at radius 3 is 2.58 bits per heavy atom. The molecule has 1 aromatic rings. The van der Waals surface area contributed by atoms with Gasteiger partial charge in [0.1, 0.15) is 5.82 Å². The molecule has 1 aliphatic heterocycles. The summed E-state index contributed by atoms with van der Waals surface area (Å²) in [5.74, 6) is 0.836. The minimum atomic E-state index is -0.0191. The molecule has 1 unspecified atom stereocenters. The Hall–Kier alpha value is -0.840. The minimum absolute atomic E-state index is 0.0191. The number of hydrogen-bond donors (Lipinski definition) is 1. The van der Waals surface area contributed by atoms with Gasteiger partial charge in [-0.3, -0.25) is 4.90 Å². The first-order chi connectivity index (χ1) is 9.15. The summed E-state index contributed by atoms with van der Waals surface area (Å²) in [6.07, 6.45) is 2.88. The number of aromatic nitrogens is 1. The lowest BCUT2D eigenvalue weighted by Gasteiger charge is -2.38. The van der Waals surface area contributed by atoms with E-state index in [0.29, 0.717) is 11.1 Å². The third kappa shape index (κ3) is 3.38. The van der Waals surface area contributed by atoms with Crippen LogP contribution >= 0.6 is 11.6 Å². The molecule has 0 bridgehead atoms. The summed E-state index contributed by atoms with van der Waals surface area (Å²) in [4.78, 5) is 9.11. The zero-order valence-corrected chi connectivity index (χ0v) is 12.4. The Kier molecular flexibility index (Phi) is 5.02. The van der Waals surface area contributed by atoms with Crippen molar-refractivity contribution >= 4 is 17.4 Å². The zero-order valence-electron chi connectivity index (χ0n) is 11.6. The second-order valence-electron chi connectivity index (χ2n) is 5.09. The minimum Gasteiger partial charge on any atom is -0.392 e. The Labute approximate surface area is 120 Å². The first-order valence-corrected chi connectivity index (χ1v) is 7.27. The van der Waals surface area contributed by atoms with E-state index in [-0.39, 0.29) is 6.61 Å². The molecule has 19 heavy (non-hydrogen) atoms. The van der Waals surface area contributed by atoms with E-state index in [0.717, 1.165) is 37.6 Å². The second-order valence-corrected chi connectivity index (χ2v) is 5.49. The molecule has 5 heteroatoms. The van der Waals surface area contributed by atoms with Crippen LogP contribution in [-0.4, -0.2) is 47.2 Å². The molecule has 0 amide bonds. The summed E-state index contributed by atoms with van der Waals surface area (Å²) in [6, 6.07) is 2.44. The average molecular weight is 284 g/mol. The van der Waals surface area contributed by atoms with Crippen LogP contribution in [0.5, 0.6) is 0 Å². The van der Waals surface area contributed by atoms with E-state index < -0.39 is 0 Å². The molecule has 1 saturated heterocycles. The van der Waals surface area contributed by atoms with E-state index in [1.165, 1.54) is 6.42 Å². The second kappa shape index (κ2) is 6.55. The molecular formula is C14H22ClN3O. The van der Waals surface area contributed by atoms with Crippen molar-refractivity contribution in [3.63, 3.8) is 0 Å². The maximum absolute atomic E-state index is 9.07. The molecule has 1 aromatic heterocycles. The summed E-state index contributed by atoms with van der Waals surface area (Å²) in [6.45, 7) is 8.49. The molecule has 1 aliphatic rings. The summed E-state index contributed by atoms with van der Waals surface area (Å²) >= 11 is 6.24. The highest BCUT2D eigenvalue weighted by Gasteiger charge is 2.22. The van der Waals surface area contributed by atoms with E-state index in [4.69, 9.17) is 16.7 Å². The van der Waals surface area contributed by atoms with Crippen molar-refractivity contribution in [2.75, 3.05) is 31.1 Å². The molecule has 4 nitrogen and oxygen atoms in total. The predicted octanol–water partition coefficient (Wildman–Crippen LogP) is 2.15. The van der Waals surface area contributed by atoms with Gasteiger partial charge in [-0.05, 0) is 25.0 Å². The smallest absolute Gasteiger partial charge is 0.147 e. The van der Waals surface area contributed by atoms with Crippen molar-refractivity contribution in [2.24, 2.45) is 0 Å². The van der Waals surface area contributed by atoms with Crippen molar-refractivity contribution < 1.29 is 5.11 Å². The summed E-state index contributed by atoms with van der Waals surface area (Å²) in [7, 11) is 0. The normalized spacial score (nSPS) is 18.6. The van der Waals surface area contributed by atoms with Gasteiger partial charge in [-0.1, -0.05) is 18.5 Å². The predicted molar refractivity (Wildman–Crippen MR) is 78.7 cm³/mol. The maximum atomic E-state index is 9.07. The number of nitrogens with zero attached hydrogens (tertiary/aromatic N) is 3. The van der Waals surface area contributed by atoms with E-state index in [1.54, 1.807) is 12.3 Å². The fourth-order valence-electron chi connectivity index (χ4n) is 2.42. The number of piperazine rings is 1. The van der Waals surface area contributed by atoms with Crippen LogP contribution in [0.2, 0.25) is 5.02 Å². The molecule has 0 radical (unpaired) electrons. The molecule has 0 aliphatic carbocycles. The van der Waals surface area contributed by atoms with Crippen LogP contribution in [0, 0.1) is 0 Å². The summed E-state index contributed by atoms with van der Waals surface area (Å²) in [5, 5.41) is 9.70. The van der Waals surface area contributed by atoms with E-state index in [9.17, 15) is 0 Å². The lowest BCUT2D eigenvalue weighted by molar-refractivity contribution is 0.192. The summed E-state index contributed by atoms with van der Waals surface area (Å²) in [5.41, 5.74) is 0.756. The largest absolute Gasteiger partial charge is 0.392 e. The monoisotopic (exact) mass is 283 g/mol. The van der Waals surface area contributed by atoms with Crippen LogP contribution in [0.15, 0.2) is 12.3 Å². The number of halogens is 1. The van der Waals surface area contributed by atoms with Gasteiger partial charge in [-0.15, -0.1) is 0 Å². The number of pyridine rings is 1. The molecule has 2 rings (SSSR count). The van der Waals surface area contributed by atoms with Gasteiger partial charge in [0.2, 0.25) is 0 Å². The number of aliphatic hydroxyl groups excluding tert-OH is 1. The van der Waals surface area contributed by atoms with Crippen LogP contribution in [0.4, 0.5) is 5.82 Å². The standard InChI is InChI=1S/C14H22ClN3O/c1-3-11(2)17-4-6-18(7-5-17)14-13(15)8-12(10-19)9-16-14/h8-9,11,19H,3-7,10H2,1-2H3. The molecule has 0 aromatic carbocycles. The van der Waals surface area contributed by atoms with Crippen molar-refractivity contribution in [1.82, 2.24) is 9.88 Å².